The van der Waals surface area contributed by atoms with Gasteiger partial charge in [-0.1, -0.05) is 30.6 Å². The minimum absolute atomic E-state index is 0.00319. The molecule has 5 nitrogen and oxygen atoms in total. The van der Waals surface area contributed by atoms with Gasteiger partial charge in [-0.15, -0.1) is 10.2 Å². The molecule has 1 aliphatic carbocycles. The maximum Gasteiger partial charge on any atom is 0.264 e. The Hall–Kier alpha value is -0.530. The molecule has 0 saturated heterocycles. The molecule has 0 bridgehead atoms. The fourth-order valence-electron chi connectivity index (χ4n) is 2.00. The first-order chi connectivity index (χ1) is 8.04. The Kier molecular flexibility index (Phi) is 4.11. The van der Waals surface area contributed by atoms with E-state index in [4.69, 9.17) is 4.18 Å². The zero-order valence-corrected chi connectivity index (χ0v) is 11.4. The summed E-state index contributed by atoms with van der Waals surface area (Å²) < 4.78 is 26.4. The van der Waals surface area contributed by atoms with Gasteiger partial charge in [0.1, 0.15) is 16.6 Å². The van der Waals surface area contributed by atoms with Crippen molar-refractivity contribution in [3.8, 4) is 0 Å². The summed E-state index contributed by atoms with van der Waals surface area (Å²) >= 11 is 1.47. The Morgan fingerprint density at radius 1 is 1.29 bits per heavy atom. The zero-order chi connectivity index (χ0) is 12.3. The van der Waals surface area contributed by atoms with E-state index in [0.29, 0.717) is 10.9 Å². The van der Waals surface area contributed by atoms with Crippen molar-refractivity contribution >= 4 is 21.5 Å². The van der Waals surface area contributed by atoms with Crippen LogP contribution in [0.15, 0.2) is 0 Å². The van der Waals surface area contributed by atoms with Gasteiger partial charge in [-0.3, -0.25) is 4.18 Å². The highest BCUT2D eigenvalue weighted by Gasteiger charge is 2.19. The zero-order valence-electron chi connectivity index (χ0n) is 9.76. The van der Waals surface area contributed by atoms with Crippen molar-refractivity contribution in [1.29, 1.82) is 0 Å². The lowest BCUT2D eigenvalue weighted by atomic mass is 9.90. The molecule has 2 rings (SSSR count). The Morgan fingerprint density at radius 2 is 2.00 bits per heavy atom. The summed E-state index contributed by atoms with van der Waals surface area (Å²) in [7, 11) is -3.40. The summed E-state index contributed by atoms with van der Waals surface area (Å²) in [4.78, 5) is 0. The lowest BCUT2D eigenvalue weighted by Gasteiger charge is -2.18. The SMILES string of the molecule is CS(=O)(=O)OCc1nnc(C2CCCCC2)s1. The predicted octanol–water partition coefficient (Wildman–Crippen LogP) is 2.06. The Balaban J connectivity index is 1.95. The van der Waals surface area contributed by atoms with E-state index in [1.807, 2.05) is 0 Å². The van der Waals surface area contributed by atoms with Crippen molar-refractivity contribution in [1.82, 2.24) is 10.2 Å². The van der Waals surface area contributed by atoms with Gasteiger partial charge in [-0.25, -0.2) is 0 Å². The molecule has 0 amide bonds. The third kappa shape index (κ3) is 4.01. The lowest BCUT2D eigenvalue weighted by Crippen LogP contribution is -2.03. The van der Waals surface area contributed by atoms with Gasteiger partial charge in [-0.2, -0.15) is 8.42 Å². The Morgan fingerprint density at radius 3 is 2.65 bits per heavy atom. The number of rotatable bonds is 4. The quantitative estimate of drug-likeness (QED) is 0.787. The highest BCUT2D eigenvalue weighted by atomic mass is 32.2. The van der Waals surface area contributed by atoms with Crippen molar-refractivity contribution in [2.45, 2.75) is 44.6 Å². The normalized spacial score (nSPS) is 18.4. The fourth-order valence-corrected chi connectivity index (χ4v) is 3.32. The average Bonchev–Trinajstić information content (AvgIpc) is 2.75. The maximum atomic E-state index is 10.8. The standard InChI is InChI=1S/C10H16N2O3S2/c1-17(13,14)15-7-9-11-12-10(16-9)8-5-3-2-4-6-8/h8H,2-7H2,1H3. The lowest BCUT2D eigenvalue weighted by molar-refractivity contribution is 0.310. The topological polar surface area (TPSA) is 69.2 Å². The first-order valence-electron chi connectivity index (χ1n) is 5.71. The maximum absolute atomic E-state index is 10.8. The first-order valence-corrected chi connectivity index (χ1v) is 8.34. The molecule has 1 aromatic heterocycles. The van der Waals surface area contributed by atoms with Gasteiger partial charge in [0.05, 0.1) is 6.26 Å². The average molecular weight is 276 g/mol. The van der Waals surface area contributed by atoms with Crippen LogP contribution >= 0.6 is 11.3 Å². The van der Waals surface area contributed by atoms with Crippen LogP contribution in [0.3, 0.4) is 0 Å². The first kappa shape index (κ1) is 12.9. The van der Waals surface area contributed by atoms with Crippen molar-refractivity contribution in [2.24, 2.45) is 0 Å². The molecule has 0 N–H and O–H groups in total. The molecule has 0 atom stereocenters. The van der Waals surface area contributed by atoms with Crippen LogP contribution in [-0.2, 0) is 20.9 Å². The van der Waals surface area contributed by atoms with E-state index in [1.54, 1.807) is 0 Å². The van der Waals surface area contributed by atoms with Gasteiger partial charge < -0.3 is 0 Å². The van der Waals surface area contributed by atoms with E-state index in [9.17, 15) is 8.42 Å². The highest BCUT2D eigenvalue weighted by Crippen LogP contribution is 2.34. The molecule has 0 aliphatic heterocycles. The molecule has 0 radical (unpaired) electrons. The molecule has 1 saturated carbocycles. The fraction of sp³-hybridized carbons (Fsp3) is 0.800. The van der Waals surface area contributed by atoms with E-state index < -0.39 is 10.1 Å². The third-order valence-corrected chi connectivity index (χ3v) is 4.44. The summed E-state index contributed by atoms with van der Waals surface area (Å²) in [5, 5.41) is 9.77. The number of hydrogen-bond acceptors (Lipinski definition) is 6. The van der Waals surface area contributed by atoms with Crippen molar-refractivity contribution < 1.29 is 12.6 Å². The number of nitrogens with zero attached hydrogens (tertiary/aromatic N) is 2. The van der Waals surface area contributed by atoms with Crippen LogP contribution in [0.5, 0.6) is 0 Å². The van der Waals surface area contributed by atoms with Crippen LogP contribution in [-0.4, -0.2) is 24.9 Å². The van der Waals surface area contributed by atoms with E-state index in [1.165, 1.54) is 43.4 Å². The molecule has 1 fully saturated rings. The minimum atomic E-state index is -3.40. The Labute approximate surface area is 105 Å². The molecule has 0 aromatic carbocycles. The molecular formula is C10H16N2O3S2. The molecule has 0 spiro atoms. The molecule has 96 valence electrons. The molecule has 7 heteroatoms. The second-order valence-corrected chi connectivity index (χ2v) is 7.07. The minimum Gasteiger partial charge on any atom is -0.263 e. The van der Waals surface area contributed by atoms with E-state index in [2.05, 4.69) is 10.2 Å². The van der Waals surface area contributed by atoms with Gasteiger partial charge in [0.25, 0.3) is 10.1 Å². The van der Waals surface area contributed by atoms with Crippen LogP contribution in [0.1, 0.15) is 48.0 Å². The number of aromatic nitrogens is 2. The van der Waals surface area contributed by atoms with Gasteiger partial charge in [0.2, 0.25) is 0 Å². The van der Waals surface area contributed by atoms with Gasteiger partial charge in [0.15, 0.2) is 0 Å². The van der Waals surface area contributed by atoms with Gasteiger partial charge >= 0.3 is 0 Å². The second-order valence-electron chi connectivity index (χ2n) is 4.34. The van der Waals surface area contributed by atoms with Gasteiger partial charge in [-0.05, 0) is 12.8 Å². The van der Waals surface area contributed by atoms with Crippen molar-refractivity contribution in [3.63, 3.8) is 0 Å². The van der Waals surface area contributed by atoms with Crippen molar-refractivity contribution in [3.05, 3.63) is 10.0 Å². The van der Waals surface area contributed by atoms with Crippen LogP contribution in [0.2, 0.25) is 0 Å². The molecule has 1 aliphatic rings. The molecule has 1 heterocycles. The summed E-state index contributed by atoms with van der Waals surface area (Å²) in [6.45, 7) is 0.00319. The summed E-state index contributed by atoms with van der Waals surface area (Å²) in [5.41, 5.74) is 0. The predicted molar refractivity (Wildman–Crippen MR) is 65.4 cm³/mol. The number of hydrogen-bond donors (Lipinski definition) is 0. The van der Waals surface area contributed by atoms with E-state index in [0.717, 1.165) is 11.3 Å². The molecule has 0 unspecified atom stereocenters. The van der Waals surface area contributed by atoms with Crippen molar-refractivity contribution in [2.75, 3.05) is 6.26 Å². The van der Waals surface area contributed by atoms with Crippen LogP contribution in [0.4, 0.5) is 0 Å². The van der Waals surface area contributed by atoms with E-state index >= 15 is 0 Å². The highest BCUT2D eigenvalue weighted by molar-refractivity contribution is 7.85. The molecule has 17 heavy (non-hydrogen) atoms. The molecule has 1 aromatic rings. The van der Waals surface area contributed by atoms with Crippen LogP contribution in [0.25, 0.3) is 0 Å². The van der Waals surface area contributed by atoms with Gasteiger partial charge in [0, 0.05) is 5.92 Å². The monoisotopic (exact) mass is 276 g/mol. The smallest absolute Gasteiger partial charge is 0.263 e. The summed E-state index contributed by atoms with van der Waals surface area (Å²) in [6, 6.07) is 0. The largest absolute Gasteiger partial charge is 0.264 e. The molecular weight excluding hydrogens is 260 g/mol. The van der Waals surface area contributed by atoms with Crippen LogP contribution in [0, 0.1) is 0 Å². The Bertz CT molecular complexity index is 464. The summed E-state index contributed by atoms with van der Waals surface area (Å²) in [5.74, 6) is 0.508. The van der Waals surface area contributed by atoms with E-state index in [-0.39, 0.29) is 6.61 Å². The third-order valence-electron chi connectivity index (χ3n) is 2.83. The second kappa shape index (κ2) is 5.41. The van der Waals surface area contributed by atoms with Crippen LogP contribution < -0.4 is 0 Å². The summed E-state index contributed by atoms with van der Waals surface area (Å²) in [6.07, 6.45) is 7.18.